The van der Waals surface area contributed by atoms with Crippen molar-refractivity contribution >= 4 is 11.6 Å². The molecule has 0 radical (unpaired) electrons. The maximum Gasteiger partial charge on any atom is 0.0837 e. The molecule has 5 heteroatoms. The second kappa shape index (κ2) is 6.19. The summed E-state index contributed by atoms with van der Waals surface area (Å²) in [5.41, 5.74) is 9.34. The van der Waals surface area contributed by atoms with Crippen LogP contribution in [0.5, 0.6) is 0 Å². The number of hydrogen-bond donors (Lipinski definition) is 1. The average molecular weight is 280 g/mol. The number of ether oxygens (including phenoxy) is 1. The van der Waals surface area contributed by atoms with Gasteiger partial charge >= 0.3 is 0 Å². The molecule has 1 atom stereocenters. The van der Waals surface area contributed by atoms with Crippen LogP contribution < -0.4 is 5.73 Å². The molecule has 1 unspecified atom stereocenters. The summed E-state index contributed by atoms with van der Waals surface area (Å²) in [4.78, 5) is 0. The lowest BCUT2D eigenvalue weighted by molar-refractivity contribution is 0.182. The molecule has 102 valence electrons. The van der Waals surface area contributed by atoms with E-state index in [0.29, 0.717) is 18.2 Å². The van der Waals surface area contributed by atoms with Gasteiger partial charge in [-0.05, 0) is 12.5 Å². The molecule has 1 aromatic heterocycles. The number of nitrogens with zero attached hydrogens (tertiary/aromatic N) is 2. The number of aromatic nitrogens is 2. The fourth-order valence-corrected chi connectivity index (χ4v) is 2.32. The summed E-state index contributed by atoms with van der Waals surface area (Å²) >= 11 is 6.20. The van der Waals surface area contributed by atoms with E-state index in [1.807, 2.05) is 25.1 Å². The first-order valence-electron chi connectivity index (χ1n) is 6.15. The largest absolute Gasteiger partial charge is 0.383 e. The van der Waals surface area contributed by atoms with E-state index >= 15 is 0 Å². The van der Waals surface area contributed by atoms with Gasteiger partial charge in [0.1, 0.15) is 0 Å². The van der Waals surface area contributed by atoms with Gasteiger partial charge in [0, 0.05) is 7.11 Å². The van der Waals surface area contributed by atoms with Crippen LogP contribution >= 0.6 is 11.6 Å². The fourth-order valence-electron chi connectivity index (χ4n) is 2.06. The molecule has 0 fully saturated rings. The molecular formula is C14H18ClN3O. The summed E-state index contributed by atoms with van der Waals surface area (Å²) in [6.07, 6.45) is 1.63. The van der Waals surface area contributed by atoms with Crippen molar-refractivity contribution in [1.29, 1.82) is 0 Å². The Balaban J connectivity index is 2.32. The van der Waals surface area contributed by atoms with Crippen molar-refractivity contribution in [3.05, 3.63) is 52.3 Å². The molecule has 4 nitrogen and oxygen atoms in total. The summed E-state index contributed by atoms with van der Waals surface area (Å²) in [5.74, 6) is 0. The van der Waals surface area contributed by atoms with E-state index in [1.165, 1.54) is 5.56 Å². The first-order valence-corrected chi connectivity index (χ1v) is 6.53. The van der Waals surface area contributed by atoms with E-state index in [4.69, 9.17) is 22.1 Å². The molecule has 0 aliphatic heterocycles. The van der Waals surface area contributed by atoms with Crippen LogP contribution in [0.25, 0.3) is 0 Å². The van der Waals surface area contributed by atoms with Crippen LogP contribution in [0.2, 0.25) is 5.02 Å². The van der Waals surface area contributed by atoms with Crippen LogP contribution in [0.3, 0.4) is 0 Å². The quantitative estimate of drug-likeness (QED) is 0.915. The molecule has 0 amide bonds. The van der Waals surface area contributed by atoms with Gasteiger partial charge in [-0.25, -0.2) is 0 Å². The minimum absolute atomic E-state index is 0.285. The Morgan fingerprint density at radius 2 is 2.26 bits per heavy atom. The molecule has 0 saturated heterocycles. The predicted octanol–water partition coefficient (Wildman–Crippen LogP) is 2.54. The average Bonchev–Trinajstić information content (AvgIpc) is 2.76. The third-order valence-electron chi connectivity index (χ3n) is 3.04. The van der Waals surface area contributed by atoms with Crippen molar-refractivity contribution in [2.45, 2.75) is 19.5 Å². The van der Waals surface area contributed by atoms with Crippen molar-refractivity contribution in [2.24, 2.45) is 5.73 Å². The highest BCUT2D eigenvalue weighted by molar-refractivity contribution is 6.31. The Labute approximate surface area is 118 Å². The summed E-state index contributed by atoms with van der Waals surface area (Å²) in [5, 5.41) is 4.84. The van der Waals surface area contributed by atoms with Gasteiger partial charge in [0.25, 0.3) is 0 Å². The van der Waals surface area contributed by atoms with E-state index in [9.17, 15) is 0 Å². The second-order valence-corrected chi connectivity index (χ2v) is 4.89. The summed E-state index contributed by atoms with van der Waals surface area (Å²) in [6.45, 7) is 3.25. The Morgan fingerprint density at radius 1 is 1.47 bits per heavy atom. The van der Waals surface area contributed by atoms with Crippen molar-refractivity contribution in [3.63, 3.8) is 0 Å². The molecule has 2 N–H and O–H groups in total. The molecule has 2 aromatic rings. The Hall–Kier alpha value is -1.36. The van der Waals surface area contributed by atoms with Crippen molar-refractivity contribution in [1.82, 2.24) is 9.78 Å². The summed E-state index contributed by atoms with van der Waals surface area (Å²) < 4.78 is 6.87. The van der Waals surface area contributed by atoms with Crippen LogP contribution in [-0.4, -0.2) is 23.5 Å². The maximum absolute atomic E-state index is 6.32. The highest BCUT2D eigenvalue weighted by Crippen LogP contribution is 2.26. The lowest BCUT2D eigenvalue weighted by Gasteiger charge is -2.16. The molecule has 19 heavy (non-hydrogen) atoms. The van der Waals surface area contributed by atoms with Gasteiger partial charge in [-0.1, -0.05) is 41.4 Å². The van der Waals surface area contributed by atoms with Crippen molar-refractivity contribution in [2.75, 3.05) is 13.7 Å². The normalized spacial score (nSPS) is 12.6. The molecule has 0 saturated carbocycles. The molecule has 0 spiro atoms. The first-order chi connectivity index (χ1) is 9.13. The van der Waals surface area contributed by atoms with E-state index in [0.717, 1.165) is 11.3 Å². The van der Waals surface area contributed by atoms with Crippen molar-refractivity contribution < 1.29 is 4.74 Å². The number of hydrogen-bond acceptors (Lipinski definition) is 3. The molecule has 2 rings (SSSR count). The number of nitrogens with two attached hydrogens (primary N) is 1. The number of rotatable bonds is 5. The first kappa shape index (κ1) is 14.1. The van der Waals surface area contributed by atoms with Gasteiger partial charge in [-0.3, -0.25) is 4.68 Å². The number of methoxy groups -OCH3 is 1. The van der Waals surface area contributed by atoms with Crippen LogP contribution in [0, 0.1) is 6.92 Å². The molecule has 0 aliphatic carbocycles. The number of benzene rings is 1. The van der Waals surface area contributed by atoms with Gasteiger partial charge in [0.05, 0.1) is 36.1 Å². The van der Waals surface area contributed by atoms with Crippen LogP contribution in [0.4, 0.5) is 0 Å². The lowest BCUT2D eigenvalue weighted by Crippen LogP contribution is -2.19. The fraction of sp³-hybridized carbons (Fsp3) is 0.357. The minimum Gasteiger partial charge on any atom is -0.383 e. The Bertz CT molecular complexity index is 553. The topological polar surface area (TPSA) is 53.1 Å². The SMILES string of the molecule is COCCn1ncc(Cl)c1C(N)c1cccc(C)c1. The molecule has 1 heterocycles. The van der Waals surface area contributed by atoms with E-state index in [1.54, 1.807) is 18.0 Å². The monoisotopic (exact) mass is 279 g/mol. The Kier molecular flexibility index (Phi) is 4.58. The van der Waals surface area contributed by atoms with Gasteiger partial charge < -0.3 is 10.5 Å². The van der Waals surface area contributed by atoms with E-state index < -0.39 is 0 Å². The van der Waals surface area contributed by atoms with E-state index in [2.05, 4.69) is 11.2 Å². The highest BCUT2D eigenvalue weighted by atomic mass is 35.5. The van der Waals surface area contributed by atoms with Gasteiger partial charge in [-0.15, -0.1) is 0 Å². The zero-order valence-corrected chi connectivity index (χ0v) is 11.9. The molecule has 0 aliphatic rings. The second-order valence-electron chi connectivity index (χ2n) is 4.49. The van der Waals surface area contributed by atoms with Gasteiger partial charge in [0.2, 0.25) is 0 Å². The predicted molar refractivity (Wildman–Crippen MR) is 76.3 cm³/mol. The van der Waals surface area contributed by atoms with Gasteiger partial charge in [0.15, 0.2) is 0 Å². The summed E-state index contributed by atoms with van der Waals surface area (Å²) in [7, 11) is 1.66. The molecule has 1 aromatic carbocycles. The van der Waals surface area contributed by atoms with Gasteiger partial charge in [-0.2, -0.15) is 5.10 Å². The highest BCUT2D eigenvalue weighted by Gasteiger charge is 2.18. The maximum atomic E-state index is 6.32. The Morgan fingerprint density at radius 3 is 2.95 bits per heavy atom. The van der Waals surface area contributed by atoms with Crippen LogP contribution in [-0.2, 0) is 11.3 Å². The van der Waals surface area contributed by atoms with Crippen LogP contribution in [0.1, 0.15) is 22.9 Å². The molecule has 0 bridgehead atoms. The number of aryl methyl sites for hydroxylation is 1. The standard InChI is InChI=1S/C14H18ClN3O/c1-10-4-3-5-11(8-10)13(16)14-12(15)9-17-18(14)6-7-19-2/h3-5,8-9,13H,6-7,16H2,1-2H3. The zero-order chi connectivity index (χ0) is 13.8. The summed E-state index contributed by atoms with van der Waals surface area (Å²) in [6, 6.07) is 7.82. The third-order valence-corrected chi connectivity index (χ3v) is 3.33. The van der Waals surface area contributed by atoms with Crippen LogP contribution in [0.15, 0.2) is 30.5 Å². The smallest absolute Gasteiger partial charge is 0.0837 e. The number of halogens is 1. The zero-order valence-electron chi connectivity index (χ0n) is 11.1. The lowest BCUT2D eigenvalue weighted by atomic mass is 10.0. The van der Waals surface area contributed by atoms with E-state index in [-0.39, 0.29) is 6.04 Å². The third kappa shape index (κ3) is 3.15. The molecular weight excluding hydrogens is 262 g/mol. The minimum atomic E-state index is -0.285. The van der Waals surface area contributed by atoms with Crippen molar-refractivity contribution in [3.8, 4) is 0 Å².